The zero-order chi connectivity index (χ0) is 17.6. The quantitative estimate of drug-likeness (QED) is 0.605. The lowest BCUT2D eigenvalue weighted by Crippen LogP contribution is -2.30. The molecule has 0 aliphatic heterocycles. The van der Waals surface area contributed by atoms with Crippen molar-refractivity contribution in [2.75, 3.05) is 0 Å². The first kappa shape index (κ1) is 17.7. The van der Waals surface area contributed by atoms with E-state index in [1.807, 2.05) is 61.5 Å². The zero-order valence-corrected chi connectivity index (χ0v) is 15.9. The van der Waals surface area contributed by atoms with Crippen LogP contribution in [0.5, 0.6) is 0 Å². The molecule has 1 atom stereocenters. The summed E-state index contributed by atoms with van der Waals surface area (Å²) in [4.78, 5) is 17.6. The van der Waals surface area contributed by atoms with Gasteiger partial charge in [0, 0.05) is 14.9 Å². The second-order valence-electron chi connectivity index (χ2n) is 5.31. The van der Waals surface area contributed by atoms with E-state index in [9.17, 15) is 4.79 Å². The van der Waals surface area contributed by atoms with Gasteiger partial charge < -0.3 is 9.84 Å². The predicted octanol–water partition coefficient (Wildman–Crippen LogP) is 4.30. The molecule has 0 bridgehead atoms. The van der Waals surface area contributed by atoms with Crippen LogP contribution in [0.3, 0.4) is 0 Å². The SMILES string of the molecule is C[C@@H](Sc1ccccc1)C(=O)NCc1nc(-c2cccc(Br)c2)no1. The number of carbonyl (C=O) groups excluding carboxylic acids is 1. The fourth-order valence-electron chi connectivity index (χ4n) is 2.13. The van der Waals surface area contributed by atoms with Gasteiger partial charge in [-0.25, -0.2) is 0 Å². The van der Waals surface area contributed by atoms with Gasteiger partial charge in [-0.3, -0.25) is 4.79 Å². The molecule has 2 aromatic carbocycles. The molecular formula is C18H16BrN3O2S. The van der Waals surface area contributed by atoms with Crippen LogP contribution in [0.25, 0.3) is 11.4 Å². The first-order valence-corrected chi connectivity index (χ1v) is 9.37. The Hall–Kier alpha value is -2.12. The monoisotopic (exact) mass is 417 g/mol. The molecule has 0 saturated carbocycles. The summed E-state index contributed by atoms with van der Waals surface area (Å²) in [7, 11) is 0. The number of hydrogen-bond donors (Lipinski definition) is 1. The molecule has 0 radical (unpaired) electrons. The predicted molar refractivity (Wildman–Crippen MR) is 101 cm³/mol. The highest BCUT2D eigenvalue weighted by atomic mass is 79.9. The van der Waals surface area contributed by atoms with E-state index in [1.165, 1.54) is 11.8 Å². The number of halogens is 1. The summed E-state index contributed by atoms with van der Waals surface area (Å²) < 4.78 is 6.15. The first-order chi connectivity index (χ1) is 12.1. The minimum atomic E-state index is -0.213. The standard InChI is InChI=1S/C18H16BrN3O2S/c1-12(25-15-8-3-2-4-9-15)18(23)20-11-16-21-17(22-24-16)13-6-5-7-14(19)10-13/h2-10,12H,11H2,1H3,(H,20,23)/t12-/m1/s1. The lowest BCUT2D eigenvalue weighted by atomic mass is 10.2. The number of aromatic nitrogens is 2. The molecule has 5 nitrogen and oxygen atoms in total. The minimum Gasteiger partial charge on any atom is -0.346 e. The summed E-state index contributed by atoms with van der Waals surface area (Å²) in [6.07, 6.45) is 0. The van der Waals surface area contributed by atoms with Crippen LogP contribution >= 0.6 is 27.7 Å². The van der Waals surface area contributed by atoms with Crippen LogP contribution in [0, 0.1) is 0 Å². The fourth-order valence-corrected chi connectivity index (χ4v) is 3.45. The Morgan fingerprint density at radius 2 is 2.04 bits per heavy atom. The van der Waals surface area contributed by atoms with E-state index in [4.69, 9.17) is 4.52 Å². The third kappa shape index (κ3) is 4.93. The van der Waals surface area contributed by atoms with Crippen molar-refractivity contribution in [2.45, 2.75) is 23.6 Å². The third-order valence-electron chi connectivity index (χ3n) is 3.39. The maximum atomic E-state index is 12.2. The molecule has 0 saturated heterocycles. The van der Waals surface area contributed by atoms with Gasteiger partial charge in [-0.1, -0.05) is 51.4 Å². The molecular weight excluding hydrogens is 402 g/mol. The van der Waals surface area contributed by atoms with Crippen molar-refractivity contribution in [3.8, 4) is 11.4 Å². The van der Waals surface area contributed by atoms with Gasteiger partial charge >= 0.3 is 0 Å². The number of nitrogens with one attached hydrogen (secondary N) is 1. The van der Waals surface area contributed by atoms with Gasteiger partial charge in [-0.2, -0.15) is 4.98 Å². The number of carbonyl (C=O) groups is 1. The van der Waals surface area contributed by atoms with Crippen molar-refractivity contribution in [2.24, 2.45) is 0 Å². The van der Waals surface area contributed by atoms with Crippen LogP contribution in [-0.2, 0) is 11.3 Å². The highest BCUT2D eigenvalue weighted by molar-refractivity contribution is 9.10. The minimum absolute atomic E-state index is 0.0731. The molecule has 0 aliphatic rings. The number of rotatable bonds is 6. The van der Waals surface area contributed by atoms with Gasteiger partial charge in [0.25, 0.3) is 0 Å². The van der Waals surface area contributed by atoms with Crippen molar-refractivity contribution in [3.05, 3.63) is 65.0 Å². The lowest BCUT2D eigenvalue weighted by Gasteiger charge is -2.10. The Morgan fingerprint density at radius 1 is 1.24 bits per heavy atom. The van der Waals surface area contributed by atoms with Gasteiger partial charge in [0.15, 0.2) is 0 Å². The van der Waals surface area contributed by atoms with E-state index in [2.05, 4.69) is 31.4 Å². The van der Waals surface area contributed by atoms with Crippen LogP contribution in [0.2, 0.25) is 0 Å². The van der Waals surface area contributed by atoms with E-state index in [-0.39, 0.29) is 17.7 Å². The maximum Gasteiger partial charge on any atom is 0.246 e. The molecule has 1 heterocycles. The van der Waals surface area contributed by atoms with E-state index in [0.29, 0.717) is 11.7 Å². The summed E-state index contributed by atoms with van der Waals surface area (Å²) in [5.41, 5.74) is 0.851. The molecule has 3 rings (SSSR count). The summed E-state index contributed by atoms with van der Waals surface area (Å²) >= 11 is 4.92. The molecule has 128 valence electrons. The summed E-state index contributed by atoms with van der Waals surface area (Å²) in [6.45, 7) is 2.08. The highest BCUT2D eigenvalue weighted by Crippen LogP contribution is 2.23. The smallest absolute Gasteiger partial charge is 0.246 e. The van der Waals surface area contributed by atoms with Crippen LogP contribution in [0.4, 0.5) is 0 Å². The number of benzene rings is 2. The van der Waals surface area contributed by atoms with E-state index < -0.39 is 0 Å². The van der Waals surface area contributed by atoms with E-state index >= 15 is 0 Å². The first-order valence-electron chi connectivity index (χ1n) is 7.70. The third-order valence-corrected chi connectivity index (χ3v) is 5.00. The molecule has 1 aromatic heterocycles. The number of hydrogen-bond acceptors (Lipinski definition) is 5. The van der Waals surface area contributed by atoms with Gasteiger partial charge in [0.1, 0.15) is 0 Å². The lowest BCUT2D eigenvalue weighted by molar-refractivity contribution is -0.120. The van der Waals surface area contributed by atoms with Gasteiger partial charge in [-0.15, -0.1) is 11.8 Å². The molecule has 1 amide bonds. The Bertz CT molecular complexity index is 854. The number of thioether (sulfide) groups is 1. The fraction of sp³-hybridized carbons (Fsp3) is 0.167. The second kappa shape index (κ2) is 8.31. The molecule has 0 spiro atoms. The number of nitrogens with zero attached hydrogens (tertiary/aromatic N) is 2. The van der Waals surface area contributed by atoms with E-state index in [1.54, 1.807) is 0 Å². The van der Waals surface area contributed by atoms with Gasteiger partial charge in [0.05, 0.1) is 11.8 Å². The molecule has 3 aromatic rings. The van der Waals surface area contributed by atoms with Crippen LogP contribution in [0.15, 0.2) is 68.5 Å². The average molecular weight is 418 g/mol. The maximum absolute atomic E-state index is 12.2. The normalized spacial score (nSPS) is 11.9. The summed E-state index contributed by atoms with van der Waals surface area (Å²) in [6, 6.07) is 17.5. The molecule has 1 N–H and O–H groups in total. The summed E-state index contributed by atoms with van der Waals surface area (Å²) in [5, 5.41) is 6.57. The van der Waals surface area contributed by atoms with Crippen molar-refractivity contribution < 1.29 is 9.32 Å². The van der Waals surface area contributed by atoms with Crippen LogP contribution in [-0.4, -0.2) is 21.3 Å². The molecule has 0 aliphatic carbocycles. The van der Waals surface area contributed by atoms with Gasteiger partial charge in [-0.05, 0) is 31.2 Å². The largest absolute Gasteiger partial charge is 0.346 e. The molecule has 0 fully saturated rings. The topological polar surface area (TPSA) is 68.0 Å². The molecule has 0 unspecified atom stereocenters. The van der Waals surface area contributed by atoms with Gasteiger partial charge in [0.2, 0.25) is 17.6 Å². The zero-order valence-electron chi connectivity index (χ0n) is 13.5. The second-order valence-corrected chi connectivity index (χ2v) is 7.64. The van der Waals surface area contributed by atoms with Crippen molar-refractivity contribution >= 4 is 33.6 Å². The average Bonchev–Trinajstić information content (AvgIpc) is 3.09. The molecule has 7 heteroatoms. The molecule has 25 heavy (non-hydrogen) atoms. The van der Waals surface area contributed by atoms with Crippen LogP contribution < -0.4 is 5.32 Å². The van der Waals surface area contributed by atoms with Crippen LogP contribution in [0.1, 0.15) is 12.8 Å². The Balaban J connectivity index is 1.56. The van der Waals surface area contributed by atoms with E-state index in [0.717, 1.165) is 14.9 Å². The number of amides is 1. The Labute approximate surface area is 158 Å². The Morgan fingerprint density at radius 3 is 2.80 bits per heavy atom. The highest BCUT2D eigenvalue weighted by Gasteiger charge is 2.16. The van der Waals surface area contributed by atoms with Crippen molar-refractivity contribution in [1.29, 1.82) is 0 Å². The van der Waals surface area contributed by atoms with Crippen molar-refractivity contribution in [3.63, 3.8) is 0 Å². The van der Waals surface area contributed by atoms with Crippen molar-refractivity contribution in [1.82, 2.24) is 15.5 Å². The summed E-state index contributed by atoms with van der Waals surface area (Å²) in [5.74, 6) is 0.800. The Kier molecular flexibility index (Phi) is 5.88.